The minimum Gasteiger partial charge on any atom is -0.487 e. The van der Waals surface area contributed by atoms with Crippen molar-refractivity contribution < 1.29 is 17.9 Å². The number of carbonyl (C=O) groups excluding carboxylic acids is 1. The van der Waals surface area contributed by atoms with E-state index in [1.807, 2.05) is 39.0 Å². The van der Waals surface area contributed by atoms with Crippen LogP contribution in [0, 0.1) is 6.92 Å². The fraction of sp³-hybridized carbons (Fsp3) is 0.381. The molecule has 7 heteroatoms. The van der Waals surface area contributed by atoms with Crippen LogP contribution in [0.15, 0.2) is 42.5 Å². The molecule has 3 rings (SSSR count). The molecule has 1 atom stereocenters. The standard InChI is InChI=1S/C21H26N2O4S/c1-5-28(25,26)23-16-9-7-15(8-10-16)20(24)22-18-13-21(3,4)27-19-11-6-14(2)12-17(18)19/h6-12,18,23H,5,13H2,1-4H3,(H,22,24)/t18-/m0/s1. The molecule has 0 fully saturated rings. The largest absolute Gasteiger partial charge is 0.487 e. The van der Waals surface area contributed by atoms with Crippen LogP contribution in [-0.4, -0.2) is 25.7 Å². The Kier molecular flexibility index (Phi) is 5.39. The Hall–Kier alpha value is -2.54. The van der Waals surface area contributed by atoms with Crippen molar-refractivity contribution in [3.8, 4) is 5.75 Å². The van der Waals surface area contributed by atoms with Crippen molar-refractivity contribution in [1.29, 1.82) is 0 Å². The van der Waals surface area contributed by atoms with Gasteiger partial charge in [-0.25, -0.2) is 8.42 Å². The number of rotatable bonds is 5. The van der Waals surface area contributed by atoms with Crippen molar-refractivity contribution in [2.75, 3.05) is 10.5 Å². The van der Waals surface area contributed by atoms with Crippen LogP contribution in [0.3, 0.4) is 0 Å². The molecule has 0 unspecified atom stereocenters. The Morgan fingerprint density at radius 2 is 1.86 bits per heavy atom. The Bertz CT molecular complexity index is 982. The van der Waals surface area contributed by atoms with Gasteiger partial charge >= 0.3 is 0 Å². The van der Waals surface area contributed by atoms with Crippen molar-refractivity contribution in [2.45, 2.75) is 45.8 Å². The summed E-state index contributed by atoms with van der Waals surface area (Å²) in [7, 11) is -3.34. The molecule has 0 spiro atoms. The number of amides is 1. The molecule has 1 amide bonds. The van der Waals surface area contributed by atoms with Gasteiger partial charge in [0.25, 0.3) is 5.91 Å². The predicted octanol–water partition coefficient (Wildman–Crippen LogP) is 3.79. The van der Waals surface area contributed by atoms with Gasteiger partial charge in [-0.1, -0.05) is 17.7 Å². The number of carbonyl (C=O) groups is 1. The molecule has 0 radical (unpaired) electrons. The fourth-order valence-corrected chi connectivity index (χ4v) is 3.93. The summed E-state index contributed by atoms with van der Waals surface area (Å²) in [5.41, 5.74) is 2.60. The Morgan fingerprint density at radius 1 is 1.18 bits per heavy atom. The maximum Gasteiger partial charge on any atom is 0.251 e. The lowest BCUT2D eigenvalue weighted by Crippen LogP contribution is -2.41. The zero-order chi connectivity index (χ0) is 20.5. The molecule has 150 valence electrons. The number of aryl methyl sites for hydroxylation is 1. The first kappa shape index (κ1) is 20.2. The minimum atomic E-state index is -3.34. The smallest absolute Gasteiger partial charge is 0.251 e. The molecule has 1 heterocycles. The monoisotopic (exact) mass is 402 g/mol. The van der Waals surface area contributed by atoms with E-state index in [0.717, 1.165) is 16.9 Å². The van der Waals surface area contributed by atoms with Crippen molar-refractivity contribution in [3.05, 3.63) is 59.2 Å². The number of benzene rings is 2. The quantitative estimate of drug-likeness (QED) is 0.797. The highest BCUT2D eigenvalue weighted by molar-refractivity contribution is 7.92. The Morgan fingerprint density at radius 3 is 2.50 bits per heavy atom. The number of hydrogen-bond donors (Lipinski definition) is 2. The van der Waals surface area contributed by atoms with E-state index in [1.54, 1.807) is 31.2 Å². The highest BCUT2D eigenvalue weighted by atomic mass is 32.2. The first-order valence-electron chi connectivity index (χ1n) is 9.29. The van der Waals surface area contributed by atoms with E-state index in [2.05, 4.69) is 10.0 Å². The predicted molar refractivity (Wildman–Crippen MR) is 110 cm³/mol. The zero-order valence-corrected chi connectivity index (χ0v) is 17.4. The number of hydrogen-bond acceptors (Lipinski definition) is 4. The van der Waals surface area contributed by atoms with Crippen LogP contribution in [-0.2, 0) is 10.0 Å². The van der Waals surface area contributed by atoms with E-state index in [1.165, 1.54) is 0 Å². The van der Waals surface area contributed by atoms with Crippen LogP contribution in [0.25, 0.3) is 0 Å². The summed E-state index contributed by atoms with van der Waals surface area (Å²) in [6, 6.07) is 12.2. The molecule has 1 aliphatic heterocycles. The van der Waals surface area contributed by atoms with Gasteiger partial charge in [0.15, 0.2) is 0 Å². The van der Waals surface area contributed by atoms with Crippen molar-refractivity contribution >= 4 is 21.6 Å². The SMILES string of the molecule is CCS(=O)(=O)Nc1ccc(C(=O)N[C@H]2CC(C)(C)Oc3ccc(C)cc32)cc1. The maximum atomic E-state index is 12.8. The minimum absolute atomic E-state index is 0.00635. The number of nitrogens with one attached hydrogen (secondary N) is 2. The van der Waals surface area contributed by atoms with E-state index in [9.17, 15) is 13.2 Å². The molecular formula is C21H26N2O4S. The second-order valence-corrected chi connectivity index (χ2v) is 9.73. The van der Waals surface area contributed by atoms with Crippen LogP contribution in [0.5, 0.6) is 5.75 Å². The second kappa shape index (κ2) is 7.47. The summed E-state index contributed by atoms with van der Waals surface area (Å²) < 4.78 is 31.8. The van der Waals surface area contributed by atoms with Crippen LogP contribution in [0.2, 0.25) is 0 Å². The molecule has 0 aliphatic carbocycles. The van der Waals surface area contributed by atoms with E-state index < -0.39 is 10.0 Å². The number of anilines is 1. The molecule has 0 aromatic heterocycles. The van der Waals surface area contributed by atoms with Gasteiger partial charge in [0, 0.05) is 23.2 Å². The van der Waals surface area contributed by atoms with Gasteiger partial charge in [-0.15, -0.1) is 0 Å². The molecule has 0 saturated carbocycles. The molecular weight excluding hydrogens is 376 g/mol. The Labute approximate surface area is 166 Å². The first-order valence-corrected chi connectivity index (χ1v) is 10.9. The molecule has 0 saturated heterocycles. The maximum absolute atomic E-state index is 12.8. The molecule has 2 N–H and O–H groups in total. The zero-order valence-electron chi connectivity index (χ0n) is 16.6. The van der Waals surface area contributed by atoms with Crippen molar-refractivity contribution in [2.24, 2.45) is 0 Å². The molecule has 28 heavy (non-hydrogen) atoms. The van der Waals surface area contributed by atoms with Gasteiger partial charge < -0.3 is 10.1 Å². The Balaban J connectivity index is 1.78. The molecule has 2 aromatic rings. The third-order valence-electron chi connectivity index (χ3n) is 4.73. The topological polar surface area (TPSA) is 84.5 Å². The second-order valence-electron chi connectivity index (χ2n) is 7.72. The highest BCUT2D eigenvalue weighted by Crippen LogP contribution is 2.40. The molecule has 2 aromatic carbocycles. The third-order valence-corrected chi connectivity index (χ3v) is 6.04. The molecule has 1 aliphatic rings. The lowest BCUT2D eigenvalue weighted by molar-refractivity contribution is 0.0619. The normalized spacial score (nSPS) is 17.9. The average molecular weight is 403 g/mol. The van der Waals surface area contributed by atoms with E-state index in [0.29, 0.717) is 17.7 Å². The van der Waals surface area contributed by atoms with Gasteiger partial charge in [-0.3, -0.25) is 9.52 Å². The van der Waals surface area contributed by atoms with Gasteiger partial charge in [-0.05, 0) is 58.0 Å². The third kappa shape index (κ3) is 4.65. The van der Waals surface area contributed by atoms with Gasteiger partial charge in [0.05, 0.1) is 11.8 Å². The number of sulfonamides is 1. The first-order chi connectivity index (χ1) is 13.1. The average Bonchev–Trinajstić information content (AvgIpc) is 2.62. The summed E-state index contributed by atoms with van der Waals surface area (Å²) in [4.78, 5) is 12.8. The van der Waals surface area contributed by atoms with Gasteiger partial charge in [0.1, 0.15) is 11.4 Å². The van der Waals surface area contributed by atoms with Gasteiger partial charge in [-0.2, -0.15) is 0 Å². The van der Waals surface area contributed by atoms with Crippen LogP contribution >= 0.6 is 0 Å². The summed E-state index contributed by atoms with van der Waals surface area (Å²) in [5, 5.41) is 3.10. The fourth-order valence-electron chi connectivity index (χ4n) is 3.29. The number of fused-ring (bicyclic) bond motifs is 1. The van der Waals surface area contributed by atoms with Crippen LogP contribution in [0.1, 0.15) is 54.7 Å². The van der Waals surface area contributed by atoms with E-state index in [4.69, 9.17) is 4.74 Å². The van der Waals surface area contributed by atoms with Crippen molar-refractivity contribution in [1.82, 2.24) is 5.32 Å². The highest BCUT2D eigenvalue weighted by Gasteiger charge is 2.34. The lowest BCUT2D eigenvalue weighted by atomic mass is 9.88. The number of ether oxygens (including phenoxy) is 1. The summed E-state index contributed by atoms with van der Waals surface area (Å²) in [6.45, 7) is 7.58. The lowest BCUT2D eigenvalue weighted by Gasteiger charge is -2.38. The molecule has 6 nitrogen and oxygen atoms in total. The summed E-state index contributed by atoms with van der Waals surface area (Å²) >= 11 is 0. The van der Waals surface area contributed by atoms with Gasteiger partial charge in [0.2, 0.25) is 10.0 Å². The van der Waals surface area contributed by atoms with E-state index in [-0.39, 0.29) is 23.3 Å². The van der Waals surface area contributed by atoms with Crippen LogP contribution in [0.4, 0.5) is 5.69 Å². The summed E-state index contributed by atoms with van der Waals surface area (Å²) in [6.07, 6.45) is 0.656. The van der Waals surface area contributed by atoms with Crippen LogP contribution < -0.4 is 14.8 Å². The summed E-state index contributed by atoms with van der Waals surface area (Å²) in [5.74, 6) is 0.574. The van der Waals surface area contributed by atoms with Crippen molar-refractivity contribution in [3.63, 3.8) is 0 Å². The molecule has 0 bridgehead atoms. The van der Waals surface area contributed by atoms with E-state index >= 15 is 0 Å².